The number of ketones is 1. The van der Waals surface area contributed by atoms with Crippen molar-refractivity contribution >= 4 is 28.6 Å². The molecule has 0 saturated carbocycles. The molecular weight excluding hydrogens is 452 g/mol. The van der Waals surface area contributed by atoms with Crippen molar-refractivity contribution in [3.63, 3.8) is 0 Å². The first-order chi connectivity index (χ1) is 17.4. The number of Topliss-reactive ketones (excluding diaryl/α,β-unsaturated/α-hetero) is 1. The Morgan fingerprint density at radius 2 is 1.75 bits per heavy atom. The number of carbonyl (C=O) groups is 2. The smallest absolute Gasteiger partial charge is 0.258 e. The predicted molar refractivity (Wildman–Crippen MR) is 145 cm³/mol. The van der Waals surface area contributed by atoms with Crippen LogP contribution in [0.5, 0.6) is 5.75 Å². The molecule has 0 atom stereocenters. The first kappa shape index (κ1) is 25.9. The third kappa shape index (κ3) is 5.97. The van der Waals surface area contributed by atoms with Crippen LogP contribution in [0.3, 0.4) is 0 Å². The highest BCUT2D eigenvalue weighted by Gasteiger charge is 2.30. The number of anilines is 1. The fourth-order valence-corrected chi connectivity index (χ4v) is 4.84. The summed E-state index contributed by atoms with van der Waals surface area (Å²) in [6, 6.07) is 13.6. The molecule has 0 aliphatic carbocycles. The van der Waals surface area contributed by atoms with Crippen molar-refractivity contribution in [2.45, 2.75) is 39.7 Å². The first-order valence-corrected chi connectivity index (χ1v) is 13.0. The number of amides is 1. The molecule has 0 spiro atoms. The SMILES string of the molecule is CCN(CC)CCOc1ccc(/C(NC2CCN(C)CC2)=C2/C(=O)Nc3ccc(C(C)=O)cc32)cc1. The summed E-state index contributed by atoms with van der Waals surface area (Å²) in [4.78, 5) is 29.9. The number of rotatable bonds is 10. The van der Waals surface area contributed by atoms with E-state index in [9.17, 15) is 9.59 Å². The summed E-state index contributed by atoms with van der Waals surface area (Å²) < 4.78 is 5.98. The number of benzene rings is 2. The van der Waals surface area contributed by atoms with Gasteiger partial charge in [0.15, 0.2) is 5.78 Å². The van der Waals surface area contributed by atoms with Crippen LogP contribution >= 0.6 is 0 Å². The topological polar surface area (TPSA) is 73.9 Å². The van der Waals surface area contributed by atoms with Gasteiger partial charge in [-0.2, -0.15) is 0 Å². The van der Waals surface area contributed by atoms with E-state index >= 15 is 0 Å². The quantitative estimate of drug-likeness (QED) is 0.386. The lowest BCUT2D eigenvalue weighted by atomic mass is 9.96. The van der Waals surface area contributed by atoms with E-state index in [-0.39, 0.29) is 17.7 Å². The van der Waals surface area contributed by atoms with E-state index < -0.39 is 0 Å². The van der Waals surface area contributed by atoms with Gasteiger partial charge in [0.25, 0.3) is 5.91 Å². The molecule has 2 aliphatic heterocycles. The summed E-state index contributed by atoms with van der Waals surface area (Å²) in [6.45, 7) is 11.4. The monoisotopic (exact) mass is 490 g/mol. The molecule has 1 amide bonds. The molecule has 0 bridgehead atoms. The van der Waals surface area contributed by atoms with Crippen molar-refractivity contribution in [3.8, 4) is 5.75 Å². The molecule has 4 rings (SSSR count). The normalized spacial score (nSPS) is 17.6. The fraction of sp³-hybridized carbons (Fsp3) is 0.448. The third-order valence-electron chi connectivity index (χ3n) is 7.20. The van der Waals surface area contributed by atoms with Gasteiger partial charge in [0.05, 0.1) is 11.3 Å². The van der Waals surface area contributed by atoms with Crippen LogP contribution < -0.4 is 15.4 Å². The standard InChI is InChI=1S/C29H38N4O3/c1-5-33(6-2)17-18-36-24-10-7-21(8-11-24)28(30-23-13-15-32(4)16-14-23)27-25-19-22(20(3)34)9-12-26(25)31-29(27)35/h7-12,19,23,30H,5-6,13-18H2,1-4H3,(H,31,35)/b28-27-. The maximum Gasteiger partial charge on any atom is 0.258 e. The highest BCUT2D eigenvalue weighted by atomic mass is 16.5. The van der Waals surface area contributed by atoms with Crippen molar-refractivity contribution in [2.24, 2.45) is 0 Å². The number of likely N-dealkylation sites (N-methyl/N-ethyl adjacent to an activating group) is 1. The number of likely N-dealkylation sites (tertiary alicyclic amines) is 1. The summed E-state index contributed by atoms with van der Waals surface area (Å²) >= 11 is 0. The molecule has 2 aromatic rings. The number of nitrogens with one attached hydrogen (secondary N) is 2. The Morgan fingerprint density at radius 1 is 1.08 bits per heavy atom. The van der Waals surface area contributed by atoms with E-state index in [0.717, 1.165) is 73.8 Å². The van der Waals surface area contributed by atoms with Gasteiger partial charge in [0.1, 0.15) is 12.4 Å². The van der Waals surface area contributed by atoms with Crippen molar-refractivity contribution in [1.29, 1.82) is 0 Å². The lowest BCUT2D eigenvalue weighted by Gasteiger charge is -2.31. The van der Waals surface area contributed by atoms with Crippen LogP contribution in [-0.2, 0) is 4.79 Å². The van der Waals surface area contributed by atoms with E-state index in [1.807, 2.05) is 36.4 Å². The van der Waals surface area contributed by atoms with E-state index in [4.69, 9.17) is 4.74 Å². The van der Waals surface area contributed by atoms with Gasteiger partial charge in [-0.05, 0) is 101 Å². The molecule has 0 aromatic heterocycles. The maximum atomic E-state index is 13.2. The van der Waals surface area contributed by atoms with Crippen LogP contribution in [0.4, 0.5) is 5.69 Å². The molecule has 7 nitrogen and oxygen atoms in total. The number of piperidine rings is 1. The van der Waals surface area contributed by atoms with Gasteiger partial charge in [-0.15, -0.1) is 0 Å². The Morgan fingerprint density at radius 3 is 2.39 bits per heavy atom. The van der Waals surface area contributed by atoms with Crippen LogP contribution in [-0.4, -0.2) is 73.9 Å². The Kier molecular flexibility index (Phi) is 8.44. The molecule has 0 unspecified atom stereocenters. The van der Waals surface area contributed by atoms with E-state index in [1.165, 1.54) is 0 Å². The minimum atomic E-state index is -0.152. The van der Waals surface area contributed by atoms with E-state index in [1.54, 1.807) is 13.0 Å². The molecule has 1 fully saturated rings. The Bertz CT molecular complexity index is 1110. The van der Waals surface area contributed by atoms with Gasteiger partial charge in [-0.25, -0.2) is 0 Å². The van der Waals surface area contributed by atoms with Gasteiger partial charge in [0.2, 0.25) is 0 Å². The average Bonchev–Trinajstić information content (AvgIpc) is 3.21. The van der Waals surface area contributed by atoms with Gasteiger partial charge in [-0.1, -0.05) is 13.8 Å². The van der Waals surface area contributed by atoms with Crippen molar-refractivity contribution in [1.82, 2.24) is 15.1 Å². The summed E-state index contributed by atoms with van der Waals surface area (Å²) in [5.41, 5.74) is 4.41. The van der Waals surface area contributed by atoms with Crippen LogP contribution in [0.15, 0.2) is 42.5 Å². The van der Waals surface area contributed by atoms with Gasteiger partial charge >= 0.3 is 0 Å². The number of carbonyl (C=O) groups excluding carboxylic acids is 2. The van der Waals surface area contributed by atoms with Gasteiger partial charge in [-0.3, -0.25) is 9.59 Å². The number of nitrogens with zero attached hydrogens (tertiary/aromatic N) is 2. The first-order valence-electron chi connectivity index (χ1n) is 13.0. The second kappa shape index (κ2) is 11.7. The zero-order valence-corrected chi connectivity index (χ0v) is 21.9. The Hall–Kier alpha value is -3.16. The maximum absolute atomic E-state index is 13.2. The zero-order chi connectivity index (χ0) is 25.7. The Balaban J connectivity index is 1.65. The lowest BCUT2D eigenvalue weighted by molar-refractivity contribution is -0.110. The minimum Gasteiger partial charge on any atom is -0.492 e. The zero-order valence-electron chi connectivity index (χ0n) is 21.9. The molecule has 36 heavy (non-hydrogen) atoms. The second-order valence-electron chi connectivity index (χ2n) is 9.64. The number of hydrogen-bond acceptors (Lipinski definition) is 6. The lowest BCUT2D eigenvalue weighted by Crippen LogP contribution is -2.40. The molecule has 2 heterocycles. The molecule has 2 aliphatic rings. The predicted octanol–water partition coefficient (Wildman–Crippen LogP) is 4.11. The van der Waals surface area contributed by atoms with Gasteiger partial charge in [0, 0.05) is 29.4 Å². The highest BCUT2D eigenvalue weighted by Crippen LogP contribution is 2.37. The van der Waals surface area contributed by atoms with Crippen LogP contribution in [0.2, 0.25) is 0 Å². The number of ether oxygens (including phenoxy) is 1. The molecule has 0 radical (unpaired) electrons. The summed E-state index contributed by atoms with van der Waals surface area (Å²) in [5.74, 6) is 0.637. The average molecular weight is 491 g/mol. The Labute approximate surface area is 214 Å². The summed E-state index contributed by atoms with van der Waals surface area (Å²) in [6.07, 6.45) is 2.00. The summed E-state index contributed by atoms with van der Waals surface area (Å²) in [5, 5.41) is 6.69. The molecule has 1 saturated heterocycles. The van der Waals surface area contributed by atoms with Crippen LogP contribution in [0.25, 0.3) is 11.3 Å². The highest BCUT2D eigenvalue weighted by molar-refractivity contribution is 6.36. The largest absolute Gasteiger partial charge is 0.492 e. The van der Waals surface area contributed by atoms with Gasteiger partial charge < -0.3 is 25.2 Å². The van der Waals surface area contributed by atoms with E-state index in [0.29, 0.717) is 17.7 Å². The van der Waals surface area contributed by atoms with Crippen molar-refractivity contribution in [3.05, 3.63) is 59.2 Å². The molecule has 2 aromatic carbocycles. The number of fused-ring (bicyclic) bond motifs is 1. The second-order valence-corrected chi connectivity index (χ2v) is 9.64. The van der Waals surface area contributed by atoms with E-state index in [2.05, 4.69) is 41.3 Å². The third-order valence-corrected chi connectivity index (χ3v) is 7.20. The summed E-state index contributed by atoms with van der Waals surface area (Å²) in [7, 11) is 2.14. The van der Waals surface area contributed by atoms with Crippen molar-refractivity contribution in [2.75, 3.05) is 51.7 Å². The molecule has 192 valence electrons. The van der Waals surface area contributed by atoms with Crippen LogP contribution in [0, 0.1) is 0 Å². The molecule has 7 heteroatoms. The number of hydrogen-bond donors (Lipinski definition) is 2. The minimum absolute atomic E-state index is 0.0208. The fourth-order valence-electron chi connectivity index (χ4n) is 4.84. The molecular formula is C29H38N4O3. The van der Waals surface area contributed by atoms with Crippen molar-refractivity contribution < 1.29 is 14.3 Å². The molecule has 2 N–H and O–H groups in total. The van der Waals surface area contributed by atoms with Crippen LogP contribution in [0.1, 0.15) is 55.1 Å².